The van der Waals surface area contributed by atoms with Gasteiger partial charge in [-0.05, 0) is 24.6 Å². The first-order chi connectivity index (χ1) is 8.29. The monoisotopic (exact) mass is 228 g/mol. The predicted molar refractivity (Wildman–Crippen MR) is 68.5 cm³/mol. The highest BCUT2D eigenvalue weighted by molar-refractivity contribution is 5.33. The molecule has 2 aromatic carbocycles. The third-order valence-corrected chi connectivity index (χ3v) is 2.62. The smallest absolute Gasteiger partial charge is 0.123 e. The fraction of sp³-hybridized carbons (Fsp3) is 0.200. The van der Waals surface area contributed by atoms with Crippen molar-refractivity contribution in [3.8, 4) is 11.5 Å². The molecule has 2 heteroatoms. The molecular weight excluding hydrogens is 212 g/mol. The van der Waals surface area contributed by atoms with Crippen molar-refractivity contribution in [3.63, 3.8) is 0 Å². The molecule has 2 rings (SSSR count). The summed E-state index contributed by atoms with van der Waals surface area (Å²) in [5.74, 6) is 1.63. The van der Waals surface area contributed by atoms with E-state index in [1.54, 1.807) is 7.11 Å². The van der Waals surface area contributed by atoms with Gasteiger partial charge in [0.25, 0.3) is 0 Å². The highest BCUT2D eigenvalue weighted by Gasteiger charge is 2.06. The van der Waals surface area contributed by atoms with Crippen LogP contribution in [0.1, 0.15) is 18.6 Å². The lowest BCUT2D eigenvalue weighted by Gasteiger charge is -2.15. The van der Waals surface area contributed by atoms with Crippen LogP contribution >= 0.6 is 0 Å². The van der Waals surface area contributed by atoms with Gasteiger partial charge in [0.1, 0.15) is 17.6 Å². The molecule has 0 aliphatic heterocycles. The summed E-state index contributed by atoms with van der Waals surface area (Å²) in [6.45, 7) is 2.04. The average molecular weight is 228 g/mol. The topological polar surface area (TPSA) is 18.5 Å². The Kier molecular flexibility index (Phi) is 3.66. The van der Waals surface area contributed by atoms with Crippen LogP contribution in [-0.4, -0.2) is 7.11 Å². The van der Waals surface area contributed by atoms with Gasteiger partial charge in [-0.25, -0.2) is 0 Å². The normalized spacial score (nSPS) is 11.9. The average Bonchev–Trinajstić information content (AvgIpc) is 2.40. The summed E-state index contributed by atoms with van der Waals surface area (Å²) in [6, 6.07) is 17.8. The molecule has 1 atom stereocenters. The highest BCUT2D eigenvalue weighted by atomic mass is 16.5. The lowest BCUT2D eigenvalue weighted by Crippen LogP contribution is -2.02. The molecule has 0 heterocycles. The SMILES string of the molecule is COc1cccc(O[C@@H](C)c2ccccc2)c1. The molecule has 17 heavy (non-hydrogen) atoms. The van der Waals surface area contributed by atoms with E-state index in [9.17, 15) is 0 Å². The van der Waals surface area contributed by atoms with E-state index < -0.39 is 0 Å². The van der Waals surface area contributed by atoms with Crippen molar-refractivity contribution in [2.75, 3.05) is 7.11 Å². The largest absolute Gasteiger partial charge is 0.497 e. The van der Waals surface area contributed by atoms with Gasteiger partial charge < -0.3 is 9.47 Å². The third kappa shape index (κ3) is 3.00. The summed E-state index contributed by atoms with van der Waals surface area (Å²) < 4.78 is 11.0. The van der Waals surface area contributed by atoms with Crippen LogP contribution in [0.5, 0.6) is 11.5 Å². The van der Waals surface area contributed by atoms with E-state index in [1.165, 1.54) is 0 Å². The summed E-state index contributed by atoms with van der Waals surface area (Å²) in [6.07, 6.45) is 0.0308. The molecular formula is C15H16O2. The minimum Gasteiger partial charge on any atom is -0.497 e. The number of hydrogen-bond donors (Lipinski definition) is 0. The maximum Gasteiger partial charge on any atom is 0.123 e. The molecule has 0 saturated carbocycles. The lowest BCUT2D eigenvalue weighted by atomic mass is 10.1. The van der Waals surface area contributed by atoms with Crippen molar-refractivity contribution in [2.24, 2.45) is 0 Å². The van der Waals surface area contributed by atoms with Crippen molar-refractivity contribution in [2.45, 2.75) is 13.0 Å². The summed E-state index contributed by atoms with van der Waals surface area (Å²) >= 11 is 0. The van der Waals surface area contributed by atoms with Gasteiger partial charge in [0, 0.05) is 6.07 Å². The number of hydrogen-bond acceptors (Lipinski definition) is 2. The van der Waals surface area contributed by atoms with Gasteiger partial charge in [-0.3, -0.25) is 0 Å². The van der Waals surface area contributed by atoms with E-state index in [-0.39, 0.29) is 6.10 Å². The first-order valence-electron chi connectivity index (χ1n) is 5.65. The Morgan fingerprint density at radius 3 is 2.29 bits per heavy atom. The van der Waals surface area contributed by atoms with Crippen LogP contribution in [0.4, 0.5) is 0 Å². The minimum absolute atomic E-state index is 0.0308. The number of rotatable bonds is 4. The van der Waals surface area contributed by atoms with Crippen LogP contribution in [0.3, 0.4) is 0 Å². The summed E-state index contributed by atoms with van der Waals surface area (Å²) in [5, 5.41) is 0. The summed E-state index contributed by atoms with van der Waals surface area (Å²) in [4.78, 5) is 0. The molecule has 0 aromatic heterocycles. The highest BCUT2D eigenvalue weighted by Crippen LogP contribution is 2.24. The van der Waals surface area contributed by atoms with E-state index in [0.29, 0.717) is 0 Å². The van der Waals surface area contributed by atoms with Crippen LogP contribution in [0.25, 0.3) is 0 Å². The van der Waals surface area contributed by atoms with Crippen molar-refractivity contribution in [1.29, 1.82) is 0 Å². The Morgan fingerprint density at radius 2 is 1.59 bits per heavy atom. The summed E-state index contributed by atoms with van der Waals surface area (Å²) in [7, 11) is 1.65. The van der Waals surface area contributed by atoms with Gasteiger partial charge >= 0.3 is 0 Å². The fourth-order valence-electron chi connectivity index (χ4n) is 1.67. The molecule has 0 aliphatic rings. The number of methoxy groups -OCH3 is 1. The standard InChI is InChI=1S/C15H16O2/c1-12(13-7-4-3-5-8-13)17-15-10-6-9-14(11-15)16-2/h3-12H,1-2H3/t12-/m0/s1. The lowest BCUT2D eigenvalue weighted by molar-refractivity contribution is 0.226. The van der Waals surface area contributed by atoms with Gasteiger partial charge in [0.2, 0.25) is 0 Å². The maximum atomic E-state index is 5.86. The van der Waals surface area contributed by atoms with E-state index in [0.717, 1.165) is 17.1 Å². The predicted octanol–water partition coefficient (Wildman–Crippen LogP) is 3.84. The van der Waals surface area contributed by atoms with Crippen molar-refractivity contribution >= 4 is 0 Å². The second-order valence-electron chi connectivity index (χ2n) is 3.85. The molecule has 0 amide bonds. The van der Waals surface area contributed by atoms with Gasteiger partial charge in [0.15, 0.2) is 0 Å². The van der Waals surface area contributed by atoms with E-state index in [2.05, 4.69) is 12.1 Å². The zero-order valence-electron chi connectivity index (χ0n) is 10.1. The Balaban J connectivity index is 2.10. The Labute approximate surface area is 102 Å². The van der Waals surface area contributed by atoms with E-state index >= 15 is 0 Å². The molecule has 0 bridgehead atoms. The van der Waals surface area contributed by atoms with Gasteiger partial charge in [-0.1, -0.05) is 36.4 Å². The fourth-order valence-corrected chi connectivity index (χ4v) is 1.67. The third-order valence-electron chi connectivity index (χ3n) is 2.62. The second-order valence-corrected chi connectivity index (χ2v) is 3.85. The summed E-state index contributed by atoms with van der Waals surface area (Å²) in [5.41, 5.74) is 1.16. The molecule has 0 saturated heterocycles. The molecule has 88 valence electrons. The van der Waals surface area contributed by atoms with Crippen molar-refractivity contribution in [1.82, 2.24) is 0 Å². The molecule has 2 nitrogen and oxygen atoms in total. The maximum absolute atomic E-state index is 5.86. The Bertz CT molecular complexity index is 465. The van der Waals surface area contributed by atoms with Crippen molar-refractivity contribution in [3.05, 3.63) is 60.2 Å². The number of benzene rings is 2. The first kappa shape index (κ1) is 11.5. The molecule has 0 N–H and O–H groups in total. The molecule has 0 aliphatic carbocycles. The second kappa shape index (κ2) is 5.39. The zero-order chi connectivity index (χ0) is 12.1. The molecule has 2 aromatic rings. The van der Waals surface area contributed by atoms with Crippen LogP contribution in [0.2, 0.25) is 0 Å². The Hall–Kier alpha value is -1.96. The van der Waals surface area contributed by atoms with Crippen LogP contribution in [0, 0.1) is 0 Å². The van der Waals surface area contributed by atoms with Crippen LogP contribution in [-0.2, 0) is 0 Å². The van der Waals surface area contributed by atoms with Crippen molar-refractivity contribution < 1.29 is 9.47 Å². The molecule has 0 radical (unpaired) electrons. The molecule has 0 fully saturated rings. The van der Waals surface area contributed by atoms with Gasteiger partial charge in [-0.15, -0.1) is 0 Å². The molecule has 0 unspecified atom stereocenters. The van der Waals surface area contributed by atoms with Crippen LogP contribution < -0.4 is 9.47 Å². The van der Waals surface area contributed by atoms with Gasteiger partial charge in [-0.2, -0.15) is 0 Å². The minimum atomic E-state index is 0.0308. The van der Waals surface area contributed by atoms with E-state index in [4.69, 9.17) is 9.47 Å². The van der Waals surface area contributed by atoms with Gasteiger partial charge in [0.05, 0.1) is 7.11 Å². The zero-order valence-corrected chi connectivity index (χ0v) is 10.1. The number of ether oxygens (including phenoxy) is 2. The quantitative estimate of drug-likeness (QED) is 0.791. The first-order valence-corrected chi connectivity index (χ1v) is 5.65. The van der Waals surface area contributed by atoms with E-state index in [1.807, 2.05) is 49.4 Å². The molecule has 0 spiro atoms. The van der Waals surface area contributed by atoms with Crippen LogP contribution in [0.15, 0.2) is 54.6 Å². The Morgan fingerprint density at radius 1 is 0.882 bits per heavy atom.